The lowest BCUT2D eigenvalue weighted by molar-refractivity contribution is -0.167. The number of carbonyl (C=O) groups is 3. The lowest BCUT2D eigenvalue weighted by Crippen LogP contribution is -2.30. The molecular weight excluding hydrogens is 709 g/mol. The smallest absolute Gasteiger partial charge is 0.306 e. The predicted molar refractivity (Wildman–Crippen MR) is 243 cm³/mol. The highest BCUT2D eigenvalue weighted by molar-refractivity contribution is 5.71. The second kappa shape index (κ2) is 44.0. The molecule has 0 saturated heterocycles. The first-order chi connectivity index (χ1) is 27.8. The molecule has 0 radical (unpaired) electrons. The fraction of sp³-hybridized carbons (Fsp3) is 0.941. The normalized spacial score (nSPS) is 13.0. The molecule has 57 heavy (non-hydrogen) atoms. The van der Waals surface area contributed by atoms with E-state index in [9.17, 15) is 14.4 Å². The Labute approximate surface area is 355 Å². The zero-order valence-corrected chi connectivity index (χ0v) is 39.0. The minimum Gasteiger partial charge on any atom is -0.462 e. The van der Waals surface area contributed by atoms with Crippen molar-refractivity contribution in [1.29, 1.82) is 0 Å². The highest BCUT2D eigenvalue weighted by Gasteiger charge is 2.19. The Hall–Kier alpha value is -1.59. The van der Waals surface area contributed by atoms with Gasteiger partial charge in [0, 0.05) is 19.3 Å². The molecule has 6 nitrogen and oxygen atoms in total. The van der Waals surface area contributed by atoms with E-state index in [1.165, 1.54) is 161 Å². The molecule has 0 bridgehead atoms. The van der Waals surface area contributed by atoms with E-state index in [1.807, 2.05) is 0 Å². The number of hydrogen-bond donors (Lipinski definition) is 0. The molecule has 0 aromatic heterocycles. The molecule has 0 rings (SSSR count). The first-order valence-electron chi connectivity index (χ1n) is 25.3. The lowest BCUT2D eigenvalue weighted by atomic mass is 9.99. The van der Waals surface area contributed by atoms with Gasteiger partial charge in [0.2, 0.25) is 0 Å². The molecule has 0 amide bonds. The van der Waals surface area contributed by atoms with Gasteiger partial charge in [-0.25, -0.2) is 0 Å². The van der Waals surface area contributed by atoms with E-state index < -0.39 is 6.10 Å². The maximum Gasteiger partial charge on any atom is 0.306 e. The third-order valence-electron chi connectivity index (χ3n) is 12.2. The van der Waals surface area contributed by atoms with E-state index in [-0.39, 0.29) is 31.1 Å². The van der Waals surface area contributed by atoms with Crippen LogP contribution < -0.4 is 0 Å². The van der Waals surface area contributed by atoms with Gasteiger partial charge in [0.15, 0.2) is 6.10 Å². The van der Waals surface area contributed by atoms with Crippen molar-refractivity contribution in [2.75, 3.05) is 13.2 Å². The molecular formula is C51H98O6. The third kappa shape index (κ3) is 42.3. The number of unbranched alkanes of at least 4 members (excludes halogenated alkanes) is 28. The summed E-state index contributed by atoms with van der Waals surface area (Å²) in [6.07, 6.45) is 44.1. The van der Waals surface area contributed by atoms with Gasteiger partial charge < -0.3 is 14.2 Å². The molecule has 0 N–H and O–H groups in total. The summed E-state index contributed by atoms with van der Waals surface area (Å²) in [5.74, 6) is 0.888. The summed E-state index contributed by atoms with van der Waals surface area (Å²) in [7, 11) is 0. The quantitative estimate of drug-likeness (QED) is 0.0346. The molecule has 0 aliphatic carbocycles. The Kier molecular flexibility index (Phi) is 42.7. The van der Waals surface area contributed by atoms with Crippen molar-refractivity contribution in [3.8, 4) is 0 Å². The van der Waals surface area contributed by atoms with Crippen LogP contribution in [0.15, 0.2) is 0 Å². The molecule has 0 aliphatic rings. The summed E-state index contributed by atoms with van der Waals surface area (Å²) in [5, 5.41) is 0. The van der Waals surface area contributed by atoms with Crippen LogP contribution in [0.5, 0.6) is 0 Å². The van der Waals surface area contributed by atoms with Crippen LogP contribution in [0.4, 0.5) is 0 Å². The van der Waals surface area contributed by atoms with Crippen molar-refractivity contribution in [3.05, 3.63) is 0 Å². The van der Waals surface area contributed by atoms with Gasteiger partial charge in [-0.1, -0.05) is 240 Å². The van der Waals surface area contributed by atoms with E-state index in [0.29, 0.717) is 19.3 Å². The molecule has 0 fully saturated rings. The highest BCUT2D eigenvalue weighted by atomic mass is 16.6. The summed E-state index contributed by atoms with van der Waals surface area (Å²) in [5.41, 5.74) is 0. The minimum absolute atomic E-state index is 0.0654. The maximum absolute atomic E-state index is 12.7. The number of ether oxygens (including phenoxy) is 3. The van der Waals surface area contributed by atoms with Gasteiger partial charge in [0.25, 0.3) is 0 Å². The first kappa shape index (κ1) is 55.4. The molecule has 0 aliphatic heterocycles. The van der Waals surface area contributed by atoms with Crippen LogP contribution >= 0.6 is 0 Å². The van der Waals surface area contributed by atoms with Crippen molar-refractivity contribution in [1.82, 2.24) is 0 Å². The zero-order valence-electron chi connectivity index (χ0n) is 39.0. The SMILES string of the molecule is CCCCCCCC(=O)OC[C@@H](COC(=O)CCCCCCCCCCCCCCCCCCCCC(C)CC)OC(=O)CCCCCCCCCCC(C)CC. The number of esters is 3. The molecule has 0 saturated carbocycles. The average Bonchev–Trinajstić information content (AvgIpc) is 3.21. The number of hydrogen-bond acceptors (Lipinski definition) is 6. The van der Waals surface area contributed by atoms with E-state index in [0.717, 1.165) is 76.0 Å². The summed E-state index contributed by atoms with van der Waals surface area (Å²) in [6.45, 7) is 11.3. The fourth-order valence-electron chi connectivity index (χ4n) is 7.57. The third-order valence-corrected chi connectivity index (χ3v) is 12.2. The summed E-state index contributed by atoms with van der Waals surface area (Å²) in [4.78, 5) is 37.6. The van der Waals surface area contributed by atoms with E-state index in [2.05, 4.69) is 34.6 Å². The summed E-state index contributed by atoms with van der Waals surface area (Å²) >= 11 is 0. The topological polar surface area (TPSA) is 78.9 Å². The average molecular weight is 807 g/mol. The summed E-state index contributed by atoms with van der Waals surface area (Å²) in [6, 6.07) is 0. The van der Waals surface area contributed by atoms with E-state index in [1.54, 1.807) is 0 Å². The van der Waals surface area contributed by atoms with Crippen LogP contribution in [0, 0.1) is 11.8 Å². The van der Waals surface area contributed by atoms with Crippen molar-refractivity contribution < 1.29 is 28.6 Å². The van der Waals surface area contributed by atoms with Crippen molar-refractivity contribution >= 4 is 17.9 Å². The first-order valence-corrected chi connectivity index (χ1v) is 25.3. The standard InChI is InChI=1S/C51H98O6/c1-6-9-10-29-36-41-49(52)55-44-48(57-51(54)43-38-33-28-24-23-26-31-35-40-47(5)8-3)45-56-50(53)42-37-32-27-22-20-18-16-14-12-11-13-15-17-19-21-25-30-34-39-46(4)7-2/h46-48H,6-45H2,1-5H3/t46?,47?,48-/m0/s1. The second-order valence-corrected chi connectivity index (χ2v) is 17.9. The molecule has 2 unspecified atom stereocenters. The van der Waals surface area contributed by atoms with Crippen molar-refractivity contribution in [3.63, 3.8) is 0 Å². The van der Waals surface area contributed by atoms with Gasteiger partial charge in [-0.2, -0.15) is 0 Å². The van der Waals surface area contributed by atoms with Gasteiger partial charge >= 0.3 is 17.9 Å². The second-order valence-electron chi connectivity index (χ2n) is 17.9. The van der Waals surface area contributed by atoms with Crippen molar-refractivity contribution in [2.24, 2.45) is 11.8 Å². The van der Waals surface area contributed by atoms with E-state index in [4.69, 9.17) is 14.2 Å². The Morgan fingerprint density at radius 3 is 0.912 bits per heavy atom. The molecule has 3 atom stereocenters. The van der Waals surface area contributed by atoms with Crippen LogP contribution in [0.2, 0.25) is 0 Å². The van der Waals surface area contributed by atoms with E-state index >= 15 is 0 Å². The predicted octanol–water partition coefficient (Wildman–Crippen LogP) is 16.1. The van der Waals surface area contributed by atoms with Gasteiger partial charge in [0.1, 0.15) is 13.2 Å². The molecule has 6 heteroatoms. The van der Waals surface area contributed by atoms with Crippen LogP contribution in [0.25, 0.3) is 0 Å². The van der Waals surface area contributed by atoms with Crippen LogP contribution in [-0.4, -0.2) is 37.2 Å². The molecule has 338 valence electrons. The highest BCUT2D eigenvalue weighted by Crippen LogP contribution is 2.18. The summed E-state index contributed by atoms with van der Waals surface area (Å²) < 4.78 is 16.7. The molecule has 0 aromatic rings. The zero-order chi connectivity index (χ0) is 41.9. The Balaban J connectivity index is 4.05. The Bertz CT molecular complexity index is 874. The van der Waals surface area contributed by atoms with Gasteiger partial charge in [0.05, 0.1) is 0 Å². The monoisotopic (exact) mass is 807 g/mol. The Morgan fingerprint density at radius 1 is 0.351 bits per heavy atom. The van der Waals surface area contributed by atoms with Gasteiger partial charge in [-0.05, 0) is 31.1 Å². The fourth-order valence-corrected chi connectivity index (χ4v) is 7.57. The maximum atomic E-state index is 12.7. The lowest BCUT2D eigenvalue weighted by Gasteiger charge is -2.18. The number of rotatable bonds is 45. The Morgan fingerprint density at radius 2 is 0.614 bits per heavy atom. The van der Waals surface area contributed by atoms with Crippen LogP contribution in [0.3, 0.4) is 0 Å². The molecule has 0 heterocycles. The van der Waals surface area contributed by atoms with Crippen molar-refractivity contribution in [2.45, 2.75) is 285 Å². The van der Waals surface area contributed by atoms with Gasteiger partial charge in [-0.15, -0.1) is 0 Å². The van der Waals surface area contributed by atoms with Gasteiger partial charge in [-0.3, -0.25) is 14.4 Å². The molecule has 0 aromatic carbocycles. The van der Waals surface area contributed by atoms with Crippen LogP contribution in [-0.2, 0) is 28.6 Å². The minimum atomic E-state index is -0.759. The number of carbonyl (C=O) groups excluding carboxylic acids is 3. The van der Waals surface area contributed by atoms with Crippen LogP contribution in [0.1, 0.15) is 279 Å². The molecule has 0 spiro atoms. The largest absolute Gasteiger partial charge is 0.462 e.